The quantitative estimate of drug-likeness (QED) is 0.847. The van der Waals surface area contributed by atoms with Gasteiger partial charge in [-0.1, -0.05) is 19.3 Å². The van der Waals surface area contributed by atoms with E-state index in [4.69, 9.17) is 5.73 Å². The normalized spacial score (nSPS) is 16.2. The molecule has 1 aromatic carbocycles. The van der Waals surface area contributed by atoms with Crippen LogP contribution in [0, 0.1) is 0 Å². The Bertz CT molecular complexity index is 641. The average Bonchev–Trinajstić information content (AvgIpc) is 2.92. The van der Waals surface area contributed by atoms with Crippen LogP contribution in [0.1, 0.15) is 49.5 Å². The van der Waals surface area contributed by atoms with Crippen LogP contribution in [0.2, 0.25) is 0 Å². The molecule has 0 saturated heterocycles. The highest BCUT2D eigenvalue weighted by Crippen LogP contribution is 2.25. The number of anilines is 1. The summed E-state index contributed by atoms with van der Waals surface area (Å²) in [6.45, 7) is 2.83. The highest BCUT2D eigenvalue weighted by Gasteiger charge is 2.25. The molecule has 1 aromatic heterocycles. The molecule has 1 amide bonds. The summed E-state index contributed by atoms with van der Waals surface area (Å²) in [5.74, 6) is 0.110. The van der Waals surface area contributed by atoms with E-state index in [0.717, 1.165) is 36.0 Å². The number of hydrogen-bond donors (Lipinski definition) is 2. The van der Waals surface area contributed by atoms with Gasteiger partial charge in [0.25, 0.3) is 5.91 Å². The van der Waals surface area contributed by atoms with Gasteiger partial charge < -0.3 is 15.6 Å². The Morgan fingerprint density at radius 2 is 2.05 bits per heavy atom. The Balaban J connectivity index is 1.86. The molecule has 0 radical (unpaired) electrons. The van der Waals surface area contributed by atoms with E-state index in [0.29, 0.717) is 11.7 Å². The van der Waals surface area contributed by atoms with Crippen molar-refractivity contribution in [2.24, 2.45) is 0 Å². The first-order valence-electron chi connectivity index (χ1n) is 7.88. The number of carbonyl (C=O) groups excluding carboxylic acids is 1. The zero-order valence-electron chi connectivity index (χ0n) is 12.6. The first-order chi connectivity index (χ1) is 10.2. The molecule has 0 atom stereocenters. The first-order valence-corrected chi connectivity index (χ1v) is 7.88. The van der Waals surface area contributed by atoms with E-state index in [1.165, 1.54) is 19.3 Å². The SMILES string of the molecule is CCN(C(=O)c1cc2cc(N)ccc2[nH]1)C1CCCCC1. The fraction of sp³-hybridized carbons (Fsp3) is 0.471. The number of nitrogens with one attached hydrogen (secondary N) is 1. The molecule has 4 nitrogen and oxygen atoms in total. The second-order valence-electron chi connectivity index (χ2n) is 5.91. The number of nitrogen functional groups attached to an aromatic ring is 1. The number of H-pyrrole nitrogens is 1. The van der Waals surface area contributed by atoms with Gasteiger partial charge in [0.1, 0.15) is 5.69 Å². The molecule has 3 rings (SSSR count). The van der Waals surface area contributed by atoms with Crippen LogP contribution in [-0.2, 0) is 0 Å². The number of aromatic amines is 1. The maximum Gasteiger partial charge on any atom is 0.270 e. The van der Waals surface area contributed by atoms with Gasteiger partial charge in [-0.2, -0.15) is 0 Å². The lowest BCUT2D eigenvalue weighted by atomic mass is 9.94. The largest absolute Gasteiger partial charge is 0.399 e. The molecule has 0 aliphatic heterocycles. The summed E-state index contributed by atoms with van der Waals surface area (Å²) in [7, 11) is 0. The third-order valence-corrected chi connectivity index (χ3v) is 4.49. The van der Waals surface area contributed by atoms with Crippen molar-refractivity contribution in [1.82, 2.24) is 9.88 Å². The van der Waals surface area contributed by atoms with Crippen molar-refractivity contribution in [1.29, 1.82) is 0 Å². The number of nitrogens with two attached hydrogens (primary N) is 1. The summed E-state index contributed by atoms with van der Waals surface area (Å²) < 4.78 is 0. The molecule has 0 spiro atoms. The Morgan fingerprint density at radius 3 is 2.76 bits per heavy atom. The van der Waals surface area contributed by atoms with Gasteiger partial charge in [0, 0.05) is 29.2 Å². The molecule has 112 valence electrons. The van der Waals surface area contributed by atoms with Crippen LogP contribution in [0.4, 0.5) is 5.69 Å². The van der Waals surface area contributed by atoms with E-state index in [1.807, 2.05) is 29.2 Å². The number of carbonyl (C=O) groups is 1. The van der Waals surface area contributed by atoms with E-state index in [1.54, 1.807) is 0 Å². The fourth-order valence-electron chi connectivity index (χ4n) is 3.38. The molecule has 3 N–H and O–H groups in total. The Morgan fingerprint density at radius 1 is 1.29 bits per heavy atom. The molecule has 1 heterocycles. The van der Waals surface area contributed by atoms with Crippen molar-refractivity contribution < 1.29 is 4.79 Å². The van der Waals surface area contributed by atoms with Crippen molar-refractivity contribution in [2.45, 2.75) is 45.1 Å². The lowest BCUT2D eigenvalue weighted by Gasteiger charge is -2.33. The third-order valence-electron chi connectivity index (χ3n) is 4.49. The molecular formula is C17H23N3O. The van der Waals surface area contributed by atoms with Crippen molar-refractivity contribution in [3.8, 4) is 0 Å². The molecule has 4 heteroatoms. The highest BCUT2D eigenvalue weighted by molar-refractivity contribution is 5.98. The number of benzene rings is 1. The van der Waals surface area contributed by atoms with Gasteiger partial charge >= 0.3 is 0 Å². The molecule has 1 aliphatic rings. The molecular weight excluding hydrogens is 262 g/mol. The Hall–Kier alpha value is -1.97. The van der Waals surface area contributed by atoms with Gasteiger partial charge in [-0.15, -0.1) is 0 Å². The minimum atomic E-state index is 0.110. The second kappa shape index (κ2) is 5.80. The van der Waals surface area contributed by atoms with Crippen LogP contribution < -0.4 is 5.73 Å². The summed E-state index contributed by atoms with van der Waals surface area (Å²) in [5, 5.41) is 0.998. The summed E-state index contributed by atoms with van der Waals surface area (Å²) in [6, 6.07) is 8.00. The van der Waals surface area contributed by atoms with Gasteiger partial charge in [0.2, 0.25) is 0 Å². The zero-order chi connectivity index (χ0) is 14.8. The standard InChI is InChI=1S/C17H23N3O/c1-2-20(14-6-4-3-5-7-14)17(21)16-11-12-10-13(18)8-9-15(12)19-16/h8-11,14,19H,2-7,18H2,1H3. The average molecular weight is 285 g/mol. The van der Waals surface area contributed by atoms with Crippen molar-refractivity contribution in [3.05, 3.63) is 30.0 Å². The number of hydrogen-bond acceptors (Lipinski definition) is 2. The number of rotatable bonds is 3. The van der Waals surface area contributed by atoms with Crippen LogP contribution in [0.3, 0.4) is 0 Å². The second-order valence-corrected chi connectivity index (χ2v) is 5.91. The number of aromatic nitrogens is 1. The van der Waals surface area contributed by atoms with Gasteiger partial charge in [0.05, 0.1) is 0 Å². The molecule has 1 aliphatic carbocycles. The fourth-order valence-corrected chi connectivity index (χ4v) is 3.38. The number of fused-ring (bicyclic) bond motifs is 1. The first kappa shape index (κ1) is 14.0. The predicted octanol–water partition coefficient (Wildman–Crippen LogP) is 3.54. The lowest BCUT2D eigenvalue weighted by Crippen LogP contribution is -2.41. The van der Waals surface area contributed by atoms with Gasteiger partial charge in [0.15, 0.2) is 0 Å². The summed E-state index contributed by atoms with van der Waals surface area (Å²) in [4.78, 5) is 18.0. The Labute approximate surface area is 125 Å². The summed E-state index contributed by atoms with van der Waals surface area (Å²) >= 11 is 0. The third kappa shape index (κ3) is 2.75. The van der Waals surface area contributed by atoms with Crippen LogP contribution >= 0.6 is 0 Å². The number of amides is 1. The minimum Gasteiger partial charge on any atom is -0.399 e. The van der Waals surface area contributed by atoms with Gasteiger partial charge in [-0.3, -0.25) is 4.79 Å². The van der Waals surface area contributed by atoms with E-state index >= 15 is 0 Å². The van der Waals surface area contributed by atoms with Gasteiger partial charge in [-0.05, 0) is 44.0 Å². The molecule has 2 aromatic rings. The number of nitrogens with zero attached hydrogens (tertiary/aromatic N) is 1. The van der Waals surface area contributed by atoms with Crippen molar-refractivity contribution in [2.75, 3.05) is 12.3 Å². The van der Waals surface area contributed by atoms with Crippen LogP contribution in [0.25, 0.3) is 10.9 Å². The lowest BCUT2D eigenvalue weighted by molar-refractivity contribution is 0.0643. The van der Waals surface area contributed by atoms with Gasteiger partial charge in [-0.25, -0.2) is 0 Å². The van der Waals surface area contributed by atoms with E-state index in [2.05, 4.69) is 11.9 Å². The van der Waals surface area contributed by atoms with Crippen LogP contribution in [-0.4, -0.2) is 28.4 Å². The zero-order valence-corrected chi connectivity index (χ0v) is 12.6. The van der Waals surface area contributed by atoms with E-state index in [-0.39, 0.29) is 5.91 Å². The molecule has 1 saturated carbocycles. The van der Waals surface area contributed by atoms with E-state index in [9.17, 15) is 4.79 Å². The summed E-state index contributed by atoms with van der Waals surface area (Å²) in [5.41, 5.74) is 8.16. The maximum absolute atomic E-state index is 12.8. The van der Waals surface area contributed by atoms with E-state index < -0.39 is 0 Å². The topological polar surface area (TPSA) is 62.1 Å². The van der Waals surface area contributed by atoms with Crippen LogP contribution in [0.15, 0.2) is 24.3 Å². The molecule has 0 bridgehead atoms. The van der Waals surface area contributed by atoms with Crippen molar-refractivity contribution in [3.63, 3.8) is 0 Å². The predicted molar refractivity (Wildman–Crippen MR) is 86.3 cm³/mol. The minimum absolute atomic E-state index is 0.110. The molecule has 0 unspecified atom stereocenters. The highest BCUT2D eigenvalue weighted by atomic mass is 16.2. The molecule has 1 fully saturated rings. The van der Waals surface area contributed by atoms with Crippen LogP contribution in [0.5, 0.6) is 0 Å². The smallest absolute Gasteiger partial charge is 0.270 e. The van der Waals surface area contributed by atoms with Crippen molar-refractivity contribution >= 4 is 22.5 Å². The molecule has 21 heavy (non-hydrogen) atoms. The monoisotopic (exact) mass is 285 g/mol. The summed E-state index contributed by atoms with van der Waals surface area (Å²) in [6.07, 6.45) is 6.03. The Kier molecular flexibility index (Phi) is 3.86. The maximum atomic E-state index is 12.8.